The molecular weight excluding hydrogens is 766 g/mol. The number of benzene rings is 4. The van der Waals surface area contributed by atoms with Crippen LogP contribution in [0.3, 0.4) is 0 Å². The molecule has 1 unspecified atom stereocenters. The molecule has 1 atom stereocenters. The van der Waals surface area contributed by atoms with Crippen molar-refractivity contribution in [3.8, 4) is 5.69 Å². The van der Waals surface area contributed by atoms with E-state index in [4.69, 9.17) is 23.2 Å². The average molecular weight is 803 g/mol. The molecule has 0 saturated carbocycles. The van der Waals surface area contributed by atoms with Crippen molar-refractivity contribution in [2.75, 3.05) is 24.6 Å². The number of alkyl halides is 3. The zero-order valence-corrected chi connectivity index (χ0v) is 31.5. The molecule has 54 heavy (non-hydrogen) atoms. The number of nitrogens with zero attached hydrogens (tertiary/aromatic N) is 3. The zero-order chi connectivity index (χ0) is 38.9. The second-order valence-corrected chi connectivity index (χ2v) is 15.4. The molecule has 284 valence electrons. The van der Waals surface area contributed by atoms with E-state index in [9.17, 15) is 36.3 Å². The van der Waals surface area contributed by atoms with Gasteiger partial charge in [-0.25, -0.2) is 17.8 Å². The minimum atomic E-state index is -5.02. The first-order chi connectivity index (χ1) is 25.7. The van der Waals surface area contributed by atoms with Crippen molar-refractivity contribution in [3.05, 3.63) is 116 Å². The zero-order valence-electron chi connectivity index (χ0n) is 29.2. The first-order valence-corrected chi connectivity index (χ1v) is 19.4. The molecule has 0 fully saturated rings. The molecule has 1 aromatic heterocycles. The van der Waals surface area contributed by atoms with Crippen molar-refractivity contribution in [2.24, 2.45) is 0 Å². The largest absolute Gasteiger partial charge is 0.435 e. The Balaban J connectivity index is 1.50. The lowest BCUT2D eigenvalue weighted by Gasteiger charge is -2.26. The summed E-state index contributed by atoms with van der Waals surface area (Å²) in [4.78, 5) is 29.7. The number of fused-ring (bicyclic) bond motifs is 2. The van der Waals surface area contributed by atoms with Gasteiger partial charge in [-0.15, -0.1) is 5.10 Å². The number of anilines is 1. The summed E-state index contributed by atoms with van der Waals surface area (Å²) in [6, 6.07) is 17.0. The SMILES string of the molecule is CCCN(CCC)c1nn(-c2ccc(C(=O)NS(=O)(=O)c3ccc4cccc(Cl)c4c3)cc2C(=O)c2cccc3c2CC(CO)NC3)c(C(F)(F)F)c1Cl. The highest BCUT2D eigenvalue weighted by molar-refractivity contribution is 7.90. The minimum Gasteiger partial charge on any atom is -0.395 e. The van der Waals surface area contributed by atoms with E-state index in [0.29, 0.717) is 58.5 Å². The van der Waals surface area contributed by atoms with Gasteiger partial charge in [0.2, 0.25) is 0 Å². The van der Waals surface area contributed by atoms with Gasteiger partial charge in [-0.05, 0) is 72.2 Å². The van der Waals surface area contributed by atoms with E-state index < -0.39 is 38.6 Å². The molecule has 0 bridgehead atoms. The maximum Gasteiger partial charge on any atom is 0.435 e. The Labute approximate surface area is 319 Å². The molecule has 0 saturated heterocycles. The summed E-state index contributed by atoms with van der Waals surface area (Å²) >= 11 is 12.7. The number of hydrogen-bond donors (Lipinski definition) is 3. The number of carbonyl (C=O) groups excluding carboxylic acids is 2. The van der Waals surface area contributed by atoms with E-state index in [-0.39, 0.29) is 52.2 Å². The number of sulfonamides is 1. The molecule has 10 nitrogen and oxygen atoms in total. The van der Waals surface area contributed by atoms with E-state index in [0.717, 1.165) is 23.8 Å². The molecule has 5 aromatic rings. The van der Waals surface area contributed by atoms with Crippen LogP contribution in [-0.2, 0) is 29.2 Å². The Hall–Kier alpha value is -4.47. The third-order valence-electron chi connectivity index (χ3n) is 9.20. The van der Waals surface area contributed by atoms with Gasteiger partial charge in [-0.1, -0.05) is 73.4 Å². The first-order valence-electron chi connectivity index (χ1n) is 17.2. The van der Waals surface area contributed by atoms with Crippen LogP contribution in [-0.4, -0.2) is 60.7 Å². The van der Waals surface area contributed by atoms with Gasteiger partial charge in [-0.3, -0.25) is 9.59 Å². The molecular formula is C38H36Cl2F3N5O5S. The monoisotopic (exact) mass is 801 g/mol. The Morgan fingerprint density at radius 1 is 1.00 bits per heavy atom. The molecule has 0 aliphatic carbocycles. The second kappa shape index (κ2) is 15.7. The number of halogens is 5. The lowest BCUT2D eigenvalue weighted by Crippen LogP contribution is -2.39. The molecule has 0 spiro atoms. The Morgan fingerprint density at radius 3 is 2.41 bits per heavy atom. The predicted octanol–water partition coefficient (Wildman–Crippen LogP) is 7.33. The molecule has 1 amide bonds. The van der Waals surface area contributed by atoms with Crippen LogP contribution in [0.2, 0.25) is 10.0 Å². The molecule has 3 N–H and O–H groups in total. The summed E-state index contributed by atoms with van der Waals surface area (Å²) in [6.07, 6.45) is -3.59. The number of aromatic nitrogens is 2. The molecule has 6 rings (SSSR count). The van der Waals surface area contributed by atoms with Gasteiger partial charge in [0.25, 0.3) is 15.9 Å². The quantitative estimate of drug-likeness (QED) is 0.112. The Bertz CT molecular complexity index is 2360. The van der Waals surface area contributed by atoms with Crippen LogP contribution >= 0.6 is 23.2 Å². The van der Waals surface area contributed by atoms with E-state index in [1.807, 2.05) is 18.6 Å². The fraction of sp³-hybridized carbons (Fsp3) is 0.289. The average Bonchev–Trinajstić information content (AvgIpc) is 3.50. The van der Waals surface area contributed by atoms with E-state index in [1.165, 1.54) is 24.3 Å². The van der Waals surface area contributed by atoms with E-state index in [1.54, 1.807) is 35.2 Å². The molecule has 1 aliphatic heterocycles. The van der Waals surface area contributed by atoms with Crippen LogP contribution in [0.15, 0.2) is 77.7 Å². The van der Waals surface area contributed by atoms with Gasteiger partial charge in [0.15, 0.2) is 17.3 Å². The van der Waals surface area contributed by atoms with Crippen LogP contribution in [0.5, 0.6) is 0 Å². The van der Waals surface area contributed by atoms with Crippen molar-refractivity contribution in [3.63, 3.8) is 0 Å². The molecule has 4 aromatic carbocycles. The maximum absolute atomic E-state index is 14.9. The number of amides is 1. The summed E-state index contributed by atoms with van der Waals surface area (Å²) in [7, 11) is -4.50. The smallest absolute Gasteiger partial charge is 0.395 e. The standard InChI is InChI=1S/C38H36Cl2F3N5O5S/c1-3-15-47(16-4-2)36-33(40)35(38(41,42)43)48(45-36)32-14-12-23(17-30(32)34(50)27-9-5-8-24-20-44-25(21-49)18-28(24)27)37(51)46-54(52,53)26-13-11-22-7-6-10-31(39)29(22)19-26/h5-14,17,19,25,44,49H,3-4,15-16,18,20-21H2,1-2H3,(H,46,51). The number of nitrogens with one attached hydrogen (secondary N) is 2. The van der Waals surface area contributed by atoms with Gasteiger partial charge in [0.05, 0.1) is 17.2 Å². The van der Waals surface area contributed by atoms with Crippen molar-refractivity contribution < 1.29 is 36.3 Å². The lowest BCUT2D eigenvalue weighted by molar-refractivity contribution is -0.142. The molecule has 1 aliphatic rings. The van der Waals surface area contributed by atoms with Gasteiger partial charge >= 0.3 is 6.18 Å². The Kier molecular flexibility index (Phi) is 11.4. The second-order valence-electron chi connectivity index (χ2n) is 12.9. The summed E-state index contributed by atoms with van der Waals surface area (Å²) in [6.45, 7) is 4.56. The highest BCUT2D eigenvalue weighted by Crippen LogP contribution is 2.42. The van der Waals surface area contributed by atoms with Crippen LogP contribution in [0, 0.1) is 0 Å². The number of rotatable bonds is 12. The molecule has 0 radical (unpaired) electrons. The van der Waals surface area contributed by atoms with Crippen molar-refractivity contribution in [2.45, 2.75) is 56.8 Å². The number of aliphatic hydroxyl groups excluding tert-OH is 1. The number of carbonyl (C=O) groups is 2. The summed E-state index contributed by atoms with van der Waals surface area (Å²) in [5.74, 6) is -2.01. The topological polar surface area (TPSA) is 134 Å². The van der Waals surface area contributed by atoms with Gasteiger partial charge in [-0.2, -0.15) is 13.2 Å². The van der Waals surface area contributed by atoms with Crippen molar-refractivity contribution in [1.29, 1.82) is 0 Å². The normalized spacial score (nSPS) is 14.6. The van der Waals surface area contributed by atoms with E-state index >= 15 is 0 Å². The van der Waals surface area contributed by atoms with Crippen molar-refractivity contribution in [1.82, 2.24) is 19.8 Å². The predicted molar refractivity (Wildman–Crippen MR) is 201 cm³/mol. The van der Waals surface area contributed by atoms with Crippen LogP contribution in [0.4, 0.5) is 19.0 Å². The number of aliphatic hydroxyl groups is 1. The Morgan fingerprint density at radius 2 is 1.72 bits per heavy atom. The highest BCUT2D eigenvalue weighted by Gasteiger charge is 2.42. The molecule has 2 heterocycles. The number of hydrogen-bond acceptors (Lipinski definition) is 8. The maximum atomic E-state index is 14.9. The fourth-order valence-electron chi connectivity index (χ4n) is 6.64. The summed E-state index contributed by atoms with van der Waals surface area (Å²) < 4.78 is 74.1. The van der Waals surface area contributed by atoms with Crippen LogP contribution < -0.4 is 14.9 Å². The van der Waals surface area contributed by atoms with Gasteiger partial charge in [0, 0.05) is 52.8 Å². The minimum absolute atomic E-state index is 0.122. The van der Waals surface area contributed by atoms with Crippen molar-refractivity contribution >= 4 is 61.5 Å². The first kappa shape index (κ1) is 39.2. The van der Waals surface area contributed by atoms with Crippen LogP contribution in [0.25, 0.3) is 16.5 Å². The summed E-state index contributed by atoms with van der Waals surface area (Å²) in [5.41, 5.74) is -0.878. The van der Waals surface area contributed by atoms with Gasteiger partial charge < -0.3 is 15.3 Å². The highest BCUT2D eigenvalue weighted by atomic mass is 35.5. The fourth-order valence-corrected chi connectivity index (χ4v) is 8.22. The van der Waals surface area contributed by atoms with E-state index in [2.05, 4.69) is 10.4 Å². The lowest BCUT2D eigenvalue weighted by atomic mass is 9.87. The molecule has 16 heteroatoms. The third-order valence-corrected chi connectivity index (χ3v) is 11.2. The summed E-state index contributed by atoms with van der Waals surface area (Å²) in [5, 5.41) is 18.1. The van der Waals surface area contributed by atoms with Gasteiger partial charge in [0.1, 0.15) is 5.02 Å². The third kappa shape index (κ3) is 7.71. The number of ketones is 1. The van der Waals surface area contributed by atoms with Crippen LogP contribution in [0.1, 0.15) is 69.8 Å².